The summed E-state index contributed by atoms with van der Waals surface area (Å²) in [5, 5.41) is 0.814. The van der Waals surface area contributed by atoms with E-state index in [2.05, 4.69) is 30.9 Å². The van der Waals surface area contributed by atoms with Crippen LogP contribution in [0.25, 0.3) is 21.9 Å². The molecule has 2 atom stereocenters. The predicted octanol–water partition coefficient (Wildman–Crippen LogP) is 4.41. The highest BCUT2D eigenvalue weighted by Crippen LogP contribution is 2.35. The zero-order valence-electron chi connectivity index (χ0n) is 22.8. The molecule has 0 bridgehead atoms. The monoisotopic (exact) mass is 514 g/mol. The van der Waals surface area contributed by atoms with E-state index in [-0.39, 0.29) is 18.2 Å². The van der Waals surface area contributed by atoms with Crippen LogP contribution in [-0.4, -0.2) is 62.0 Å². The van der Waals surface area contributed by atoms with Gasteiger partial charge in [-0.2, -0.15) is 0 Å². The molecule has 0 aliphatic carbocycles. The summed E-state index contributed by atoms with van der Waals surface area (Å²) in [5.41, 5.74) is 10.3. The largest absolute Gasteiger partial charge is 0.444 e. The molecule has 2 N–H and O–H groups in total. The number of imidazole rings is 1. The van der Waals surface area contributed by atoms with Gasteiger partial charge in [0, 0.05) is 38.7 Å². The third-order valence-corrected chi connectivity index (χ3v) is 6.99. The Bertz CT molecular complexity index is 1580. The van der Waals surface area contributed by atoms with E-state index in [1.54, 1.807) is 18.2 Å². The fraction of sp³-hybridized carbons (Fsp3) is 0.414. The number of hydrogen-bond acceptors (Lipinski definition) is 6. The second-order valence-corrected chi connectivity index (χ2v) is 10.8. The Labute approximate surface area is 222 Å². The van der Waals surface area contributed by atoms with Gasteiger partial charge >= 0.3 is 6.09 Å². The van der Waals surface area contributed by atoms with Gasteiger partial charge in [0.1, 0.15) is 17.2 Å². The molecule has 3 aromatic heterocycles. The van der Waals surface area contributed by atoms with Gasteiger partial charge in [0.15, 0.2) is 0 Å². The van der Waals surface area contributed by atoms with Gasteiger partial charge in [-0.05, 0) is 58.4 Å². The first-order valence-corrected chi connectivity index (χ1v) is 12.7. The maximum atomic E-state index is 13.0. The first-order chi connectivity index (χ1) is 18.1. The number of carbonyl (C=O) groups excluding carboxylic acids is 1. The molecule has 38 heavy (non-hydrogen) atoms. The molecule has 1 fully saturated rings. The Morgan fingerprint density at radius 3 is 2.74 bits per heavy atom. The zero-order chi connectivity index (χ0) is 27.2. The van der Waals surface area contributed by atoms with Crippen molar-refractivity contribution in [1.29, 1.82) is 0 Å². The first kappa shape index (κ1) is 25.6. The van der Waals surface area contributed by atoms with Gasteiger partial charge in [0.25, 0.3) is 0 Å². The van der Waals surface area contributed by atoms with E-state index in [0.29, 0.717) is 19.0 Å². The summed E-state index contributed by atoms with van der Waals surface area (Å²) in [7, 11) is 3.65. The Morgan fingerprint density at radius 2 is 2.00 bits per heavy atom. The summed E-state index contributed by atoms with van der Waals surface area (Å²) in [6.45, 7) is 8.53. The Kier molecular flexibility index (Phi) is 6.53. The van der Waals surface area contributed by atoms with Crippen molar-refractivity contribution in [3.8, 4) is 11.8 Å². The number of carbonyl (C=O) groups is 1. The third-order valence-electron chi connectivity index (χ3n) is 6.99. The lowest BCUT2D eigenvalue weighted by Crippen LogP contribution is -2.41. The molecule has 0 unspecified atom stereocenters. The van der Waals surface area contributed by atoms with Crippen molar-refractivity contribution < 1.29 is 14.3 Å². The van der Waals surface area contributed by atoms with Crippen LogP contribution in [0.2, 0.25) is 0 Å². The minimum atomic E-state index is -0.577. The average molecular weight is 515 g/mol. The molecule has 1 amide bonds. The first-order valence-electron chi connectivity index (χ1n) is 12.7. The SMILES string of the molecule is COC[C@H]1C[C@H](n2cc(C#Cc3ccc4c(c3)nc(C)n4C)c3c(N)nccc32)CN1C(=O)OC(C)(C)C. The van der Waals surface area contributed by atoms with Crippen LogP contribution < -0.4 is 5.73 Å². The molecule has 9 nitrogen and oxygen atoms in total. The molecule has 9 heteroatoms. The number of hydrogen-bond donors (Lipinski definition) is 1. The maximum Gasteiger partial charge on any atom is 0.410 e. The number of aromatic nitrogens is 4. The molecule has 1 saturated heterocycles. The zero-order valence-corrected chi connectivity index (χ0v) is 22.8. The van der Waals surface area contributed by atoms with Gasteiger partial charge in [0.2, 0.25) is 0 Å². The summed E-state index contributed by atoms with van der Waals surface area (Å²) in [5.74, 6) is 7.99. The number of amides is 1. The van der Waals surface area contributed by atoms with Crippen LogP contribution in [0.3, 0.4) is 0 Å². The number of benzene rings is 1. The van der Waals surface area contributed by atoms with Crippen molar-refractivity contribution in [2.45, 2.75) is 51.8 Å². The number of fused-ring (bicyclic) bond motifs is 2. The van der Waals surface area contributed by atoms with Crippen molar-refractivity contribution in [2.75, 3.05) is 26.0 Å². The van der Waals surface area contributed by atoms with Gasteiger partial charge in [0.05, 0.1) is 46.2 Å². The van der Waals surface area contributed by atoms with Crippen LogP contribution >= 0.6 is 0 Å². The molecule has 1 aromatic carbocycles. The molecule has 0 saturated carbocycles. The third kappa shape index (κ3) is 4.79. The van der Waals surface area contributed by atoms with E-state index in [9.17, 15) is 4.79 Å². The van der Waals surface area contributed by atoms with Crippen LogP contribution in [-0.2, 0) is 16.5 Å². The Morgan fingerprint density at radius 1 is 1.21 bits per heavy atom. The van der Waals surface area contributed by atoms with Gasteiger partial charge in [-0.1, -0.05) is 11.8 Å². The summed E-state index contributed by atoms with van der Waals surface area (Å²) < 4.78 is 15.3. The molecule has 198 valence electrons. The number of rotatable bonds is 3. The van der Waals surface area contributed by atoms with Crippen LogP contribution in [0.1, 0.15) is 50.2 Å². The Hall–Kier alpha value is -4.03. The van der Waals surface area contributed by atoms with Crippen molar-refractivity contribution in [2.24, 2.45) is 7.05 Å². The topological polar surface area (TPSA) is 100 Å². The minimum absolute atomic E-state index is 0.00959. The van der Waals surface area contributed by atoms with Gasteiger partial charge in [-0.25, -0.2) is 14.8 Å². The number of ether oxygens (including phenoxy) is 2. The number of nitrogens with zero attached hydrogens (tertiary/aromatic N) is 5. The van der Waals surface area contributed by atoms with Gasteiger partial charge in [-0.3, -0.25) is 0 Å². The summed E-state index contributed by atoms with van der Waals surface area (Å²) in [6, 6.07) is 7.90. The van der Waals surface area contributed by atoms with Crippen molar-refractivity contribution in [1.82, 2.24) is 24.0 Å². The van der Waals surface area contributed by atoms with Crippen molar-refractivity contribution in [3.05, 3.63) is 53.6 Å². The number of aryl methyl sites for hydroxylation is 2. The van der Waals surface area contributed by atoms with E-state index in [4.69, 9.17) is 15.2 Å². The lowest BCUT2D eigenvalue weighted by atomic mass is 10.1. The molecular weight excluding hydrogens is 480 g/mol. The average Bonchev–Trinajstić information content (AvgIpc) is 3.51. The predicted molar refractivity (Wildman–Crippen MR) is 148 cm³/mol. The van der Waals surface area contributed by atoms with E-state index in [1.807, 2.05) is 65.2 Å². The lowest BCUT2D eigenvalue weighted by Gasteiger charge is -2.28. The number of nitrogens with two attached hydrogens (primary N) is 1. The molecule has 0 radical (unpaired) electrons. The molecular formula is C29H34N6O3. The van der Waals surface area contributed by atoms with Crippen molar-refractivity contribution in [3.63, 3.8) is 0 Å². The van der Waals surface area contributed by atoms with Gasteiger partial charge < -0.3 is 29.2 Å². The van der Waals surface area contributed by atoms with E-state index in [1.165, 1.54) is 0 Å². The molecule has 1 aliphatic rings. The van der Waals surface area contributed by atoms with Crippen molar-refractivity contribution >= 4 is 33.8 Å². The van der Waals surface area contributed by atoms with Gasteiger partial charge in [-0.15, -0.1) is 0 Å². The maximum absolute atomic E-state index is 13.0. The summed E-state index contributed by atoms with van der Waals surface area (Å²) >= 11 is 0. The molecule has 4 heterocycles. The normalized spacial score (nSPS) is 17.7. The molecule has 1 aliphatic heterocycles. The Balaban J connectivity index is 1.51. The second-order valence-electron chi connectivity index (χ2n) is 10.8. The second kappa shape index (κ2) is 9.69. The smallest absolute Gasteiger partial charge is 0.410 e. The van der Waals surface area contributed by atoms with Crippen LogP contribution in [0.4, 0.5) is 10.6 Å². The van der Waals surface area contributed by atoms with Crippen LogP contribution in [0.5, 0.6) is 0 Å². The molecule has 5 rings (SSSR count). The van der Waals surface area contributed by atoms with Crippen LogP contribution in [0, 0.1) is 18.8 Å². The molecule has 4 aromatic rings. The summed E-state index contributed by atoms with van der Waals surface area (Å²) in [6.07, 6.45) is 4.11. The highest BCUT2D eigenvalue weighted by molar-refractivity contribution is 5.95. The fourth-order valence-electron chi connectivity index (χ4n) is 5.15. The van der Waals surface area contributed by atoms with E-state index < -0.39 is 5.60 Å². The standard InChI is InChI=1S/C29H34N6O3/c1-18-32-23-13-19(8-10-24(23)33(18)5)7-9-20-15-34(25-11-12-31-27(30)26(20)25)21-14-22(17-37-6)35(16-21)28(36)38-29(2,3)4/h8,10-13,15,21-22H,14,16-17H2,1-6H3,(H2,30,31)/t21-,22+/m0/s1. The number of pyridine rings is 1. The summed E-state index contributed by atoms with van der Waals surface area (Å²) in [4.78, 5) is 23.7. The lowest BCUT2D eigenvalue weighted by molar-refractivity contribution is 0.0146. The highest BCUT2D eigenvalue weighted by atomic mass is 16.6. The minimum Gasteiger partial charge on any atom is -0.444 e. The number of methoxy groups -OCH3 is 1. The van der Waals surface area contributed by atoms with E-state index >= 15 is 0 Å². The number of nitrogen functional groups attached to an aromatic ring is 1. The number of likely N-dealkylation sites (tertiary alicyclic amines) is 1. The van der Waals surface area contributed by atoms with Crippen LogP contribution in [0.15, 0.2) is 36.7 Å². The fourth-order valence-corrected chi connectivity index (χ4v) is 5.15. The van der Waals surface area contributed by atoms with E-state index in [0.717, 1.165) is 45.3 Å². The highest BCUT2D eigenvalue weighted by Gasteiger charge is 2.39. The quantitative estimate of drug-likeness (QED) is 0.407. The number of anilines is 1. The molecule has 0 spiro atoms.